The largest absolute Gasteiger partial charge is 0.493 e. The lowest BCUT2D eigenvalue weighted by atomic mass is 10.00. The second-order valence-electron chi connectivity index (χ2n) is 7.23. The van der Waals surface area contributed by atoms with E-state index < -0.39 is 15.7 Å². The van der Waals surface area contributed by atoms with Crippen LogP contribution in [0.4, 0.5) is 0 Å². The van der Waals surface area contributed by atoms with Crippen molar-refractivity contribution in [2.45, 2.75) is 23.4 Å². The first-order chi connectivity index (χ1) is 14.4. The smallest absolute Gasteiger partial charge is 0.272 e. The fourth-order valence-corrected chi connectivity index (χ4v) is 5.27. The molecule has 1 fully saturated rings. The van der Waals surface area contributed by atoms with E-state index in [1.54, 1.807) is 6.07 Å². The molecule has 1 saturated heterocycles. The lowest BCUT2D eigenvalue weighted by molar-refractivity contribution is -0.115. The predicted molar refractivity (Wildman–Crippen MR) is 111 cm³/mol. The number of nitrogens with zero attached hydrogens (tertiary/aromatic N) is 2. The summed E-state index contributed by atoms with van der Waals surface area (Å²) >= 11 is 0. The number of hydrogen-bond donors (Lipinski definition) is 1. The molecule has 0 atom stereocenters. The third kappa shape index (κ3) is 3.54. The minimum absolute atomic E-state index is 0.139. The quantitative estimate of drug-likeness (QED) is 0.782. The molecule has 4 rings (SSSR count). The molecule has 0 radical (unpaired) electrons. The molecule has 1 spiro atoms. The van der Waals surface area contributed by atoms with E-state index in [9.17, 15) is 13.2 Å². The van der Waals surface area contributed by atoms with Gasteiger partial charge < -0.3 is 14.8 Å². The fourth-order valence-electron chi connectivity index (χ4n) is 3.81. The zero-order chi connectivity index (χ0) is 21.4. The van der Waals surface area contributed by atoms with Crippen LogP contribution in [0, 0.1) is 0 Å². The minimum atomic E-state index is -3.71. The average molecular weight is 429 g/mol. The maximum absolute atomic E-state index is 13.1. The van der Waals surface area contributed by atoms with Gasteiger partial charge in [0, 0.05) is 37.6 Å². The molecule has 2 aliphatic rings. The van der Waals surface area contributed by atoms with Gasteiger partial charge in [0.2, 0.25) is 10.0 Å². The lowest BCUT2D eigenvalue weighted by Gasteiger charge is -2.36. The van der Waals surface area contributed by atoms with Crippen LogP contribution >= 0.6 is 0 Å². The molecule has 1 amide bonds. The number of aliphatic imine (C=N–C) groups is 1. The zero-order valence-corrected chi connectivity index (χ0v) is 17.6. The highest BCUT2D eigenvalue weighted by Crippen LogP contribution is 2.34. The molecule has 2 heterocycles. The van der Waals surface area contributed by atoms with E-state index in [-0.39, 0.29) is 23.9 Å². The maximum Gasteiger partial charge on any atom is 0.272 e. The van der Waals surface area contributed by atoms with Crippen LogP contribution in [0.15, 0.2) is 58.4 Å². The average Bonchev–Trinajstić information content (AvgIpc) is 3.09. The number of carbonyl (C=O) groups is 1. The van der Waals surface area contributed by atoms with Crippen LogP contribution in [-0.4, -0.2) is 57.3 Å². The van der Waals surface area contributed by atoms with Crippen molar-refractivity contribution in [2.75, 3.05) is 27.3 Å². The van der Waals surface area contributed by atoms with Gasteiger partial charge in [0.25, 0.3) is 5.91 Å². The number of carbonyl (C=O) groups excluding carboxylic acids is 1. The van der Waals surface area contributed by atoms with E-state index in [1.807, 2.05) is 30.3 Å². The van der Waals surface area contributed by atoms with Crippen molar-refractivity contribution in [1.29, 1.82) is 0 Å². The molecule has 9 heteroatoms. The molecule has 30 heavy (non-hydrogen) atoms. The predicted octanol–water partition coefficient (Wildman–Crippen LogP) is 1.80. The molecule has 0 saturated carbocycles. The van der Waals surface area contributed by atoms with Crippen LogP contribution in [0.3, 0.4) is 0 Å². The molecule has 2 aliphatic heterocycles. The van der Waals surface area contributed by atoms with Crippen LogP contribution < -0.4 is 14.8 Å². The summed E-state index contributed by atoms with van der Waals surface area (Å²) < 4.78 is 38.1. The second kappa shape index (κ2) is 7.73. The first-order valence-electron chi connectivity index (χ1n) is 9.58. The van der Waals surface area contributed by atoms with Gasteiger partial charge in [0.15, 0.2) is 11.5 Å². The zero-order valence-electron chi connectivity index (χ0n) is 16.8. The standard InChI is InChI=1S/C21H23N3O5S/c1-28-17-9-8-16(14-18(17)29-2)30(26,27)24-12-10-21(11-13-24)22-19(20(25)23-21)15-6-4-3-5-7-15/h3-9,14H,10-13H2,1-2H3,(H,23,25). The van der Waals surface area contributed by atoms with Crippen LogP contribution in [0.25, 0.3) is 0 Å². The third-order valence-corrected chi connectivity index (χ3v) is 7.37. The first-order valence-corrected chi connectivity index (χ1v) is 11.0. The lowest BCUT2D eigenvalue weighted by Crippen LogP contribution is -2.52. The molecular weight excluding hydrogens is 406 g/mol. The van der Waals surface area contributed by atoms with Gasteiger partial charge in [-0.25, -0.2) is 8.42 Å². The molecule has 158 valence electrons. The Bertz CT molecular complexity index is 1090. The minimum Gasteiger partial charge on any atom is -0.493 e. The van der Waals surface area contributed by atoms with Gasteiger partial charge >= 0.3 is 0 Å². The summed E-state index contributed by atoms with van der Waals surface area (Å²) in [5, 5.41) is 2.96. The molecule has 0 bridgehead atoms. The molecule has 8 nitrogen and oxygen atoms in total. The number of benzene rings is 2. The molecule has 2 aromatic carbocycles. The molecular formula is C21H23N3O5S. The van der Waals surface area contributed by atoms with Gasteiger partial charge in [0.05, 0.1) is 19.1 Å². The SMILES string of the molecule is COc1ccc(S(=O)(=O)N2CCC3(CC2)N=C(c2ccccc2)C(=O)N3)cc1OC. The summed E-state index contributed by atoms with van der Waals surface area (Å²) in [4.78, 5) is 17.3. The number of methoxy groups -OCH3 is 2. The van der Waals surface area contributed by atoms with Crippen LogP contribution in [0.2, 0.25) is 0 Å². The molecule has 0 aliphatic carbocycles. The van der Waals surface area contributed by atoms with Gasteiger partial charge in [0.1, 0.15) is 11.4 Å². The number of rotatable bonds is 5. The van der Waals surface area contributed by atoms with Crippen molar-refractivity contribution in [3.8, 4) is 11.5 Å². The molecule has 0 aromatic heterocycles. The Kier molecular flexibility index (Phi) is 5.25. The van der Waals surface area contributed by atoms with Gasteiger partial charge in [-0.2, -0.15) is 4.31 Å². The van der Waals surface area contributed by atoms with E-state index in [2.05, 4.69) is 10.3 Å². The van der Waals surface area contributed by atoms with Crippen molar-refractivity contribution in [2.24, 2.45) is 4.99 Å². The number of ether oxygens (including phenoxy) is 2. The van der Waals surface area contributed by atoms with Gasteiger partial charge in [-0.05, 0) is 12.1 Å². The molecule has 0 unspecified atom stereocenters. The van der Waals surface area contributed by atoms with Crippen molar-refractivity contribution < 1.29 is 22.7 Å². The van der Waals surface area contributed by atoms with Crippen molar-refractivity contribution in [3.05, 3.63) is 54.1 Å². The van der Waals surface area contributed by atoms with Crippen LogP contribution in [-0.2, 0) is 14.8 Å². The van der Waals surface area contributed by atoms with E-state index in [1.165, 1.54) is 30.7 Å². The van der Waals surface area contributed by atoms with Crippen molar-refractivity contribution in [3.63, 3.8) is 0 Å². The summed E-state index contributed by atoms with van der Waals surface area (Å²) in [7, 11) is -0.750. The highest BCUT2D eigenvalue weighted by Gasteiger charge is 2.44. The van der Waals surface area contributed by atoms with Gasteiger partial charge in [-0.1, -0.05) is 30.3 Å². The Morgan fingerprint density at radius 1 is 1.00 bits per heavy atom. The highest BCUT2D eigenvalue weighted by molar-refractivity contribution is 7.89. The Morgan fingerprint density at radius 3 is 2.30 bits per heavy atom. The van der Waals surface area contributed by atoms with E-state index in [4.69, 9.17) is 9.47 Å². The number of hydrogen-bond acceptors (Lipinski definition) is 6. The van der Waals surface area contributed by atoms with Crippen LogP contribution in [0.1, 0.15) is 18.4 Å². The molecule has 1 N–H and O–H groups in total. The van der Waals surface area contributed by atoms with E-state index in [0.29, 0.717) is 30.1 Å². The number of sulfonamides is 1. The number of piperidine rings is 1. The maximum atomic E-state index is 13.1. The Labute approximate surface area is 175 Å². The Balaban J connectivity index is 1.53. The summed E-state index contributed by atoms with van der Waals surface area (Å²) in [5.74, 6) is 0.593. The van der Waals surface area contributed by atoms with Crippen LogP contribution in [0.5, 0.6) is 11.5 Å². The van der Waals surface area contributed by atoms with Gasteiger partial charge in [-0.3, -0.25) is 9.79 Å². The summed E-state index contributed by atoms with van der Waals surface area (Å²) in [6.07, 6.45) is 0.809. The van der Waals surface area contributed by atoms with E-state index >= 15 is 0 Å². The molecule has 2 aromatic rings. The fraction of sp³-hybridized carbons (Fsp3) is 0.333. The Morgan fingerprint density at radius 2 is 1.67 bits per heavy atom. The highest BCUT2D eigenvalue weighted by atomic mass is 32.2. The second-order valence-corrected chi connectivity index (χ2v) is 9.17. The van der Waals surface area contributed by atoms with Gasteiger partial charge in [-0.15, -0.1) is 0 Å². The summed E-state index contributed by atoms with van der Waals surface area (Å²) in [6.45, 7) is 0.505. The number of amides is 1. The summed E-state index contributed by atoms with van der Waals surface area (Å²) in [6, 6.07) is 13.8. The van der Waals surface area contributed by atoms with Crippen molar-refractivity contribution in [1.82, 2.24) is 9.62 Å². The van der Waals surface area contributed by atoms with E-state index in [0.717, 1.165) is 5.56 Å². The summed E-state index contributed by atoms with van der Waals surface area (Å²) in [5.41, 5.74) is 0.394. The number of nitrogens with one attached hydrogen (secondary N) is 1. The third-order valence-electron chi connectivity index (χ3n) is 5.48. The Hall–Kier alpha value is -2.91. The topological polar surface area (TPSA) is 97.3 Å². The normalized spacial score (nSPS) is 18.7. The van der Waals surface area contributed by atoms with Crippen molar-refractivity contribution >= 4 is 21.6 Å². The first kappa shape index (κ1) is 20.4. The monoisotopic (exact) mass is 429 g/mol.